The molecule has 0 aromatic rings. The van der Waals surface area contributed by atoms with Crippen LogP contribution >= 0.6 is 0 Å². The molecule has 2 unspecified atom stereocenters. The van der Waals surface area contributed by atoms with Crippen LogP contribution in [0.3, 0.4) is 0 Å². The molecule has 9 nitrogen and oxygen atoms in total. The predicted molar refractivity (Wildman–Crippen MR) is 142 cm³/mol. The molecule has 0 amide bonds. The highest BCUT2D eigenvalue weighted by Gasteiger charge is 2.31. The highest BCUT2D eigenvalue weighted by molar-refractivity contribution is 6.84. The minimum Gasteiger partial charge on any atom is -0.460 e. The minimum atomic E-state index is -1.63. The first-order valence-electron chi connectivity index (χ1n) is 12.1. The van der Waals surface area contributed by atoms with Gasteiger partial charge < -0.3 is 33.3 Å². The summed E-state index contributed by atoms with van der Waals surface area (Å²) in [5.41, 5.74) is 0. The molecule has 0 spiro atoms. The number of carbonyl (C=O) groups is 2. The van der Waals surface area contributed by atoms with E-state index in [1.54, 1.807) is 0 Å². The van der Waals surface area contributed by atoms with E-state index < -0.39 is 40.8 Å². The van der Waals surface area contributed by atoms with E-state index in [-0.39, 0.29) is 26.4 Å². The molecule has 0 aliphatic rings. The Labute approximate surface area is 213 Å². The van der Waals surface area contributed by atoms with E-state index in [2.05, 4.69) is 51.0 Å². The molecule has 11 heteroatoms. The van der Waals surface area contributed by atoms with Gasteiger partial charge in [0, 0.05) is 25.4 Å². The summed E-state index contributed by atoms with van der Waals surface area (Å²) in [4.78, 5) is 21.4. The van der Waals surface area contributed by atoms with Crippen LogP contribution in [0.5, 0.6) is 0 Å². The lowest BCUT2D eigenvalue weighted by Crippen LogP contribution is -2.43. The molecule has 0 saturated heterocycles. The van der Waals surface area contributed by atoms with Gasteiger partial charge in [0.05, 0.1) is 13.2 Å². The van der Waals surface area contributed by atoms with Crippen molar-refractivity contribution in [3.05, 3.63) is 25.3 Å². The second kappa shape index (κ2) is 20.8. The molecule has 0 aromatic carbocycles. The van der Waals surface area contributed by atoms with E-state index in [1.165, 1.54) is 0 Å². The van der Waals surface area contributed by atoms with Gasteiger partial charge in [-0.2, -0.15) is 0 Å². The molecular weight excluding hydrogens is 488 g/mol. The van der Waals surface area contributed by atoms with Crippen molar-refractivity contribution < 1.29 is 42.9 Å². The van der Waals surface area contributed by atoms with Gasteiger partial charge in [-0.25, -0.2) is 9.59 Å². The summed E-state index contributed by atoms with van der Waals surface area (Å²) in [5, 5.41) is 18.8. The Balaban J connectivity index is 0. The third-order valence-corrected chi connectivity index (χ3v) is 12.3. The van der Waals surface area contributed by atoms with E-state index in [4.69, 9.17) is 18.3 Å². The van der Waals surface area contributed by atoms with Crippen molar-refractivity contribution in [2.75, 3.05) is 39.6 Å². The van der Waals surface area contributed by atoms with Gasteiger partial charge in [-0.1, -0.05) is 27.0 Å². The SMILES string of the molecule is C=CC(=O)OCC(O)COCCC.C=CC(=O)OCC(O)COCCC[Si](C)(C)O[Si](C)(C)CC. The summed E-state index contributed by atoms with van der Waals surface area (Å²) in [6.45, 7) is 21.1. The molecule has 0 rings (SSSR count). The number of aliphatic hydroxyl groups excluding tert-OH is 2. The quantitative estimate of drug-likeness (QED) is 0.111. The smallest absolute Gasteiger partial charge is 0.330 e. The summed E-state index contributed by atoms with van der Waals surface area (Å²) in [7, 11) is -3.13. The standard InChI is InChI=1S/C15H32O5Si2.C9H16O4/c1-7-15(17)19-13-14(16)12-18-10-9-11-22(5,6)20-21(3,4)8-2;1-3-5-12-6-8(10)7-13-9(11)4-2/h7,14,16H,1,8-13H2,2-6H3;4,8,10H,2-3,5-7H2,1H3. The highest BCUT2D eigenvalue weighted by atomic mass is 28.4. The molecule has 35 heavy (non-hydrogen) atoms. The lowest BCUT2D eigenvalue weighted by molar-refractivity contribution is -0.142. The zero-order chi connectivity index (χ0) is 27.3. The first-order chi connectivity index (χ1) is 16.3. The van der Waals surface area contributed by atoms with E-state index in [0.717, 1.165) is 37.1 Å². The van der Waals surface area contributed by atoms with Crippen LogP contribution in [-0.2, 0) is 32.7 Å². The fourth-order valence-electron chi connectivity index (χ4n) is 2.62. The molecule has 2 N–H and O–H groups in total. The Bertz CT molecular complexity index is 598. The van der Waals surface area contributed by atoms with Crippen molar-refractivity contribution in [3.8, 4) is 0 Å². The number of esters is 2. The van der Waals surface area contributed by atoms with Gasteiger partial charge >= 0.3 is 11.9 Å². The third-order valence-electron chi connectivity index (χ3n) is 4.61. The maximum absolute atomic E-state index is 10.8. The first kappa shape index (κ1) is 35.8. The van der Waals surface area contributed by atoms with E-state index in [9.17, 15) is 19.8 Å². The maximum Gasteiger partial charge on any atom is 0.330 e. The first-order valence-corrected chi connectivity index (χ1v) is 18.4. The van der Waals surface area contributed by atoms with Crippen LogP contribution in [0.25, 0.3) is 0 Å². The number of carbonyl (C=O) groups excluding carboxylic acids is 2. The molecule has 0 fully saturated rings. The highest BCUT2D eigenvalue weighted by Crippen LogP contribution is 2.22. The van der Waals surface area contributed by atoms with Crippen molar-refractivity contribution in [2.45, 2.75) is 77.2 Å². The average Bonchev–Trinajstić information content (AvgIpc) is 2.80. The van der Waals surface area contributed by atoms with Gasteiger partial charge in [0.1, 0.15) is 25.4 Å². The summed E-state index contributed by atoms with van der Waals surface area (Å²) in [5.74, 6) is -1.07. The lowest BCUT2D eigenvalue weighted by Gasteiger charge is -2.33. The predicted octanol–water partition coefficient (Wildman–Crippen LogP) is 3.43. The van der Waals surface area contributed by atoms with Gasteiger partial charge in [-0.05, 0) is 51.1 Å². The van der Waals surface area contributed by atoms with Gasteiger partial charge in [0.25, 0.3) is 0 Å². The summed E-state index contributed by atoms with van der Waals surface area (Å²) in [6.07, 6.45) is 2.40. The Morgan fingerprint density at radius 3 is 1.66 bits per heavy atom. The van der Waals surface area contributed by atoms with Crippen LogP contribution in [0, 0.1) is 0 Å². The van der Waals surface area contributed by atoms with Gasteiger partial charge in [-0.15, -0.1) is 0 Å². The zero-order valence-electron chi connectivity index (χ0n) is 22.5. The third kappa shape index (κ3) is 24.1. The van der Waals surface area contributed by atoms with E-state index in [1.807, 2.05) is 6.92 Å². The second-order valence-corrected chi connectivity index (χ2v) is 18.3. The van der Waals surface area contributed by atoms with Crippen molar-refractivity contribution in [1.29, 1.82) is 0 Å². The Morgan fingerprint density at radius 1 is 0.800 bits per heavy atom. The molecule has 0 saturated carbocycles. The number of aliphatic hydroxyl groups is 2. The van der Waals surface area contributed by atoms with Crippen LogP contribution in [0.2, 0.25) is 38.3 Å². The van der Waals surface area contributed by atoms with Crippen molar-refractivity contribution in [1.82, 2.24) is 0 Å². The van der Waals surface area contributed by atoms with Gasteiger partial charge in [-0.3, -0.25) is 0 Å². The average molecular weight is 537 g/mol. The van der Waals surface area contributed by atoms with Crippen LogP contribution < -0.4 is 0 Å². The van der Waals surface area contributed by atoms with Crippen LogP contribution in [-0.4, -0.2) is 90.6 Å². The molecular formula is C24H48O9Si2. The van der Waals surface area contributed by atoms with Crippen molar-refractivity contribution >= 4 is 28.6 Å². The summed E-state index contributed by atoms with van der Waals surface area (Å²) >= 11 is 0. The molecule has 2 atom stereocenters. The topological polar surface area (TPSA) is 121 Å². The van der Waals surface area contributed by atoms with Crippen LogP contribution in [0.1, 0.15) is 26.7 Å². The molecule has 0 aliphatic heterocycles. The normalized spacial score (nSPS) is 13.1. The summed E-state index contributed by atoms with van der Waals surface area (Å²) in [6, 6.07) is 2.18. The number of hydrogen-bond donors (Lipinski definition) is 2. The molecule has 0 aromatic heterocycles. The van der Waals surface area contributed by atoms with E-state index in [0.29, 0.717) is 13.2 Å². The number of hydrogen-bond acceptors (Lipinski definition) is 9. The van der Waals surface area contributed by atoms with Crippen molar-refractivity contribution in [2.24, 2.45) is 0 Å². The number of rotatable bonds is 19. The van der Waals surface area contributed by atoms with Crippen molar-refractivity contribution in [3.63, 3.8) is 0 Å². The largest absolute Gasteiger partial charge is 0.460 e. The molecule has 0 heterocycles. The Morgan fingerprint density at radius 2 is 1.26 bits per heavy atom. The molecule has 0 radical (unpaired) electrons. The second-order valence-electron chi connectivity index (χ2n) is 9.20. The molecule has 0 aliphatic carbocycles. The van der Waals surface area contributed by atoms with Gasteiger partial charge in [0.2, 0.25) is 0 Å². The van der Waals surface area contributed by atoms with Gasteiger partial charge in [0.15, 0.2) is 16.6 Å². The minimum absolute atomic E-state index is 0.0471. The maximum atomic E-state index is 10.8. The molecule has 206 valence electrons. The fraction of sp³-hybridized carbons (Fsp3) is 0.750. The zero-order valence-corrected chi connectivity index (χ0v) is 24.5. The summed E-state index contributed by atoms with van der Waals surface area (Å²) < 4.78 is 26.2. The van der Waals surface area contributed by atoms with Crippen LogP contribution in [0.15, 0.2) is 25.3 Å². The Hall–Kier alpha value is -1.35. The lowest BCUT2D eigenvalue weighted by atomic mass is 10.4. The van der Waals surface area contributed by atoms with Crippen LogP contribution in [0.4, 0.5) is 0 Å². The molecule has 0 bridgehead atoms. The monoisotopic (exact) mass is 536 g/mol. The Kier molecular flexibility index (Phi) is 21.3. The fourth-order valence-corrected chi connectivity index (χ4v) is 10.6. The van der Waals surface area contributed by atoms with E-state index >= 15 is 0 Å². The number of ether oxygens (including phenoxy) is 4.